The maximum atomic E-state index is 11.9. The first-order valence-corrected chi connectivity index (χ1v) is 8.02. The Morgan fingerprint density at radius 3 is 2.17 bits per heavy atom. The highest BCUT2D eigenvalue weighted by molar-refractivity contribution is 5.79. The predicted molar refractivity (Wildman–Crippen MR) is 87.2 cm³/mol. The van der Waals surface area contributed by atoms with E-state index in [1.165, 1.54) is 22.3 Å². The zero-order chi connectivity index (χ0) is 15.8. The van der Waals surface area contributed by atoms with E-state index in [9.17, 15) is 9.90 Å². The molecule has 0 heterocycles. The maximum Gasteiger partial charge on any atom is 0.407 e. The lowest BCUT2D eigenvalue weighted by molar-refractivity contribution is 0.0575. The van der Waals surface area contributed by atoms with Crippen LogP contribution in [0.3, 0.4) is 0 Å². The van der Waals surface area contributed by atoms with E-state index in [4.69, 9.17) is 4.74 Å². The second-order valence-electron chi connectivity index (χ2n) is 6.29. The number of carbonyl (C=O) groups excluding carboxylic acids is 1. The highest BCUT2D eigenvalue weighted by Gasteiger charge is 2.31. The van der Waals surface area contributed by atoms with Crippen LogP contribution in [0.1, 0.15) is 29.9 Å². The number of carbonyl (C=O) groups is 1. The number of fused-ring (bicyclic) bond motifs is 3. The third-order valence-electron chi connectivity index (χ3n) is 4.78. The molecule has 1 amide bonds. The van der Waals surface area contributed by atoms with Crippen LogP contribution in [0.5, 0.6) is 0 Å². The van der Waals surface area contributed by atoms with Crippen LogP contribution >= 0.6 is 0 Å². The van der Waals surface area contributed by atoms with Gasteiger partial charge in [-0.05, 0) is 35.1 Å². The molecule has 0 radical (unpaired) electrons. The standard InChI is InChI=1S/C19H19NO3/c21-13-9-12(10-13)20-19(22)23-11-18-16-7-3-1-5-14(16)15-6-2-4-8-17(15)18/h1-8,12-13,18,21H,9-11H2,(H,20,22). The smallest absolute Gasteiger partial charge is 0.407 e. The Morgan fingerprint density at radius 2 is 1.61 bits per heavy atom. The second-order valence-corrected chi connectivity index (χ2v) is 6.29. The molecule has 1 fully saturated rings. The van der Waals surface area contributed by atoms with Crippen molar-refractivity contribution >= 4 is 6.09 Å². The van der Waals surface area contributed by atoms with Crippen molar-refractivity contribution in [1.29, 1.82) is 0 Å². The molecule has 118 valence electrons. The molecule has 4 rings (SSSR count). The number of hydrogen-bond acceptors (Lipinski definition) is 3. The van der Waals surface area contributed by atoms with Gasteiger partial charge in [-0.1, -0.05) is 48.5 Å². The van der Waals surface area contributed by atoms with Crippen LogP contribution in [0.25, 0.3) is 11.1 Å². The first-order valence-electron chi connectivity index (χ1n) is 8.02. The lowest BCUT2D eigenvalue weighted by atomic mass is 9.90. The molecule has 4 nitrogen and oxygen atoms in total. The lowest BCUT2D eigenvalue weighted by Crippen LogP contribution is -2.47. The van der Waals surface area contributed by atoms with Crippen molar-refractivity contribution in [2.45, 2.75) is 30.9 Å². The van der Waals surface area contributed by atoms with Crippen molar-refractivity contribution in [3.05, 3.63) is 59.7 Å². The molecule has 0 saturated heterocycles. The summed E-state index contributed by atoms with van der Waals surface area (Å²) in [5.74, 6) is 0.0835. The van der Waals surface area contributed by atoms with Gasteiger partial charge in [0, 0.05) is 12.0 Å². The van der Waals surface area contributed by atoms with Crippen molar-refractivity contribution < 1.29 is 14.6 Å². The first kappa shape index (κ1) is 14.3. The summed E-state index contributed by atoms with van der Waals surface area (Å²) in [4.78, 5) is 11.9. The maximum absolute atomic E-state index is 11.9. The van der Waals surface area contributed by atoms with E-state index in [0.717, 1.165) is 0 Å². The van der Waals surface area contributed by atoms with E-state index in [-0.39, 0.29) is 18.1 Å². The molecule has 0 unspecified atom stereocenters. The fraction of sp³-hybridized carbons (Fsp3) is 0.316. The topological polar surface area (TPSA) is 58.6 Å². The molecule has 2 N–H and O–H groups in total. The summed E-state index contributed by atoms with van der Waals surface area (Å²) in [6.07, 6.45) is 0.548. The van der Waals surface area contributed by atoms with Gasteiger partial charge in [-0.25, -0.2) is 4.79 Å². The van der Waals surface area contributed by atoms with E-state index >= 15 is 0 Å². The zero-order valence-corrected chi connectivity index (χ0v) is 12.7. The Balaban J connectivity index is 1.47. The van der Waals surface area contributed by atoms with E-state index in [1.54, 1.807) is 0 Å². The molecule has 2 aliphatic carbocycles. The summed E-state index contributed by atoms with van der Waals surface area (Å²) in [5.41, 5.74) is 4.86. The van der Waals surface area contributed by atoms with Crippen molar-refractivity contribution in [3.63, 3.8) is 0 Å². The largest absolute Gasteiger partial charge is 0.449 e. The average Bonchev–Trinajstić information content (AvgIpc) is 2.86. The van der Waals surface area contributed by atoms with Gasteiger partial charge in [-0.15, -0.1) is 0 Å². The molecule has 0 atom stereocenters. The fourth-order valence-electron chi connectivity index (χ4n) is 3.51. The molecule has 4 heteroatoms. The number of nitrogens with one attached hydrogen (secondary N) is 1. The Bertz CT molecular complexity index is 691. The molecule has 2 aliphatic rings. The van der Waals surface area contributed by atoms with Crippen LogP contribution in [-0.4, -0.2) is 30.0 Å². The lowest BCUT2D eigenvalue weighted by Gasteiger charge is -2.31. The molecule has 0 bridgehead atoms. The first-order chi connectivity index (χ1) is 11.2. The number of hydrogen-bond donors (Lipinski definition) is 2. The molecule has 0 spiro atoms. The van der Waals surface area contributed by atoms with Crippen LogP contribution in [0.4, 0.5) is 4.79 Å². The monoisotopic (exact) mass is 309 g/mol. The van der Waals surface area contributed by atoms with Gasteiger partial charge >= 0.3 is 6.09 Å². The molecule has 0 aliphatic heterocycles. The molecule has 23 heavy (non-hydrogen) atoms. The van der Waals surface area contributed by atoms with Gasteiger partial charge < -0.3 is 15.2 Å². The van der Waals surface area contributed by atoms with Crippen LogP contribution in [0.15, 0.2) is 48.5 Å². The van der Waals surface area contributed by atoms with Gasteiger partial charge in [0.1, 0.15) is 6.61 Å². The summed E-state index contributed by atoms with van der Waals surface area (Å²) in [7, 11) is 0. The van der Waals surface area contributed by atoms with Gasteiger partial charge in [0.25, 0.3) is 0 Å². The molecule has 0 aromatic heterocycles. The summed E-state index contributed by atoms with van der Waals surface area (Å²) < 4.78 is 5.45. The fourth-order valence-corrected chi connectivity index (χ4v) is 3.51. The van der Waals surface area contributed by atoms with Gasteiger partial charge in [-0.2, -0.15) is 0 Å². The minimum absolute atomic E-state index is 0.0423. The molecule has 1 saturated carbocycles. The number of ether oxygens (including phenoxy) is 1. The van der Waals surface area contributed by atoms with Crippen LogP contribution in [0, 0.1) is 0 Å². The van der Waals surface area contributed by atoms with E-state index in [2.05, 4.69) is 29.6 Å². The number of alkyl carbamates (subject to hydrolysis) is 1. The number of benzene rings is 2. The number of amides is 1. The van der Waals surface area contributed by atoms with Crippen molar-refractivity contribution in [3.8, 4) is 11.1 Å². The van der Waals surface area contributed by atoms with E-state index in [0.29, 0.717) is 19.4 Å². The second kappa shape index (κ2) is 5.70. The van der Waals surface area contributed by atoms with Crippen molar-refractivity contribution in [2.75, 3.05) is 6.61 Å². The van der Waals surface area contributed by atoms with Gasteiger partial charge in [0.15, 0.2) is 0 Å². The van der Waals surface area contributed by atoms with Crippen LogP contribution < -0.4 is 5.32 Å². The average molecular weight is 309 g/mol. The van der Waals surface area contributed by atoms with E-state index < -0.39 is 6.09 Å². The Hall–Kier alpha value is -2.33. The van der Waals surface area contributed by atoms with Crippen molar-refractivity contribution in [2.24, 2.45) is 0 Å². The van der Waals surface area contributed by atoms with Crippen LogP contribution in [-0.2, 0) is 4.74 Å². The number of aliphatic hydroxyl groups excluding tert-OH is 1. The van der Waals surface area contributed by atoms with Gasteiger partial charge in [0.2, 0.25) is 0 Å². The Kier molecular flexibility index (Phi) is 3.54. The number of rotatable bonds is 3. The Morgan fingerprint density at radius 1 is 1.04 bits per heavy atom. The summed E-state index contributed by atoms with van der Waals surface area (Å²) in [5, 5.41) is 12.1. The highest BCUT2D eigenvalue weighted by atomic mass is 16.5. The van der Waals surface area contributed by atoms with Crippen molar-refractivity contribution in [1.82, 2.24) is 5.32 Å². The normalized spacial score (nSPS) is 22.0. The van der Waals surface area contributed by atoms with Gasteiger partial charge in [-0.3, -0.25) is 0 Å². The molecule has 2 aromatic carbocycles. The van der Waals surface area contributed by atoms with E-state index in [1.807, 2.05) is 24.3 Å². The SMILES string of the molecule is O=C(NC1CC(O)C1)OCC1c2ccccc2-c2ccccc21. The molecular weight excluding hydrogens is 290 g/mol. The summed E-state index contributed by atoms with van der Waals surface area (Å²) >= 11 is 0. The molecule has 2 aromatic rings. The zero-order valence-electron chi connectivity index (χ0n) is 12.7. The predicted octanol–water partition coefficient (Wildman–Crippen LogP) is 3.05. The van der Waals surface area contributed by atoms with Gasteiger partial charge in [0.05, 0.1) is 6.10 Å². The third kappa shape index (κ3) is 2.59. The number of aliphatic hydroxyl groups is 1. The Labute approximate surface area is 135 Å². The third-order valence-corrected chi connectivity index (χ3v) is 4.78. The summed E-state index contributed by atoms with van der Waals surface area (Å²) in [6, 6.07) is 16.6. The molecular formula is C19H19NO3. The quantitative estimate of drug-likeness (QED) is 0.916. The summed E-state index contributed by atoms with van der Waals surface area (Å²) in [6.45, 7) is 0.329. The minimum Gasteiger partial charge on any atom is -0.449 e. The minimum atomic E-state index is -0.399. The van der Waals surface area contributed by atoms with Crippen LogP contribution in [0.2, 0.25) is 0 Å². The highest BCUT2D eigenvalue weighted by Crippen LogP contribution is 2.44.